The number of carbonyl (C=O) groups excluding carboxylic acids is 3. The monoisotopic (exact) mass is 824 g/mol. The van der Waals surface area contributed by atoms with Crippen molar-refractivity contribution in [3.8, 4) is 5.75 Å². The molecule has 2 aliphatic rings. The first-order chi connectivity index (χ1) is 26.4. The van der Waals surface area contributed by atoms with Crippen LogP contribution < -0.4 is 15.4 Å². The van der Waals surface area contributed by atoms with Gasteiger partial charge in [-0.1, -0.05) is 35.9 Å². The first-order valence-electron chi connectivity index (χ1n) is 16.1. The van der Waals surface area contributed by atoms with Gasteiger partial charge in [0.25, 0.3) is 5.91 Å². The molecule has 6 bridgehead atoms. The number of Topliss-reactive ketones (excluding diaryl/α,β-unsaturated/α-hetero) is 2. The quantitative estimate of drug-likeness (QED) is 0.137. The lowest BCUT2D eigenvalue weighted by atomic mass is 10.0. The summed E-state index contributed by atoms with van der Waals surface area (Å²) in [5, 5.41) is 6.75. The van der Waals surface area contributed by atoms with E-state index in [-0.39, 0.29) is 49.3 Å². The van der Waals surface area contributed by atoms with Crippen molar-refractivity contribution >= 4 is 67.9 Å². The maximum Gasteiger partial charge on any atom is 0.458 e. The molecule has 56 heavy (non-hydrogen) atoms. The summed E-state index contributed by atoms with van der Waals surface area (Å²) in [4.78, 5) is 50.3. The number of anilines is 4. The van der Waals surface area contributed by atoms with Gasteiger partial charge < -0.3 is 20.3 Å². The number of piperazine rings is 1. The molecule has 0 radical (unpaired) electrons. The number of amides is 1. The van der Waals surface area contributed by atoms with E-state index >= 15 is 0 Å². The van der Waals surface area contributed by atoms with Crippen LogP contribution in [-0.2, 0) is 37.2 Å². The predicted octanol–water partition coefficient (Wildman–Crippen LogP) is 5.82. The number of nitrogens with zero attached hydrogens (tertiary/aromatic N) is 6. The van der Waals surface area contributed by atoms with E-state index < -0.39 is 33.9 Å². The van der Waals surface area contributed by atoms with E-state index in [4.69, 9.17) is 22.9 Å². The summed E-state index contributed by atoms with van der Waals surface area (Å²) in [5.74, 6) is -5.69. The number of carbonyl (C=O) groups is 3. The number of benzene rings is 2. The lowest BCUT2D eigenvalue weighted by Gasteiger charge is -2.34. The summed E-state index contributed by atoms with van der Waals surface area (Å²) >= 11 is 6.36. The van der Waals surface area contributed by atoms with Crippen LogP contribution in [0.5, 0.6) is 5.75 Å². The van der Waals surface area contributed by atoms with Crippen LogP contribution in [0.4, 0.5) is 55.2 Å². The van der Waals surface area contributed by atoms with Gasteiger partial charge in [0, 0.05) is 38.1 Å². The molecule has 4 aromatic rings. The van der Waals surface area contributed by atoms with Crippen LogP contribution in [0.3, 0.4) is 0 Å². The molecule has 1 fully saturated rings. The number of ether oxygens (including phenoxy) is 1. The van der Waals surface area contributed by atoms with Crippen molar-refractivity contribution in [2.75, 3.05) is 43.4 Å². The van der Waals surface area contributed by atoms with E-state index in [0.717, 1.165) is 22.5 Å². The van der Waals surface area contributed by atoms with Crippen LogP contribution in [0.25, 0.3) is 4.85 Å². The number of nitrogens with one attached hydrogen (secondary N) is 2. The number of rotatable bonds is 6. The maximum atomic E-state index is 13.2. The molecule has 294 valence electrons. The summed E-state index contributed by atoms with van der Waals surface area (Å²) < 4.78 is 101. The number of hydrogen-bond donors (Lipinski definition) is 2. The van der Waals surface area contributed by atoms with E-state index in [1.165, 1.54) is 22.6 Å². The number of halogens is 7. The molecule has 1 saturated heterocycles. The molecule has 0 unspecified atom stereocenters. The number of hydrogen-bond acceptors (Lipinski definition) is 11. The third kappa shape index (κ3) is 10.1. The fourth-order valence-corrected chi connectivity index (χ4v) is 7.01. The average Bonchev–Trinajstić information content (AvgIpc) is 3.17. The normalized spacial score (nSPS) is 14.5. The van der Waals surface area contributed by atoms with Crippen molar-refractivity contribution in [3.63, 3.8) is 0 Å². The lowest BCUT2D eigenvalue weighted by molar-refractivity contribution is -0.193. The van der Waals surface area contributed by atoms with Crippen LogP contribution in [0.2, 0.25) is 5.02 Å². The number of para-hydroxylation sites is 1. The number of alkyl halides is 6. The Labute approximate surface area is 319 Å². The minimum Gasteiger partial charge on any atom is -0.483 e. The van der Waals surface area contributed by atoms with Crippen LogP contribution >= 0.6 is 11.6 Å². The summed E-state index contributed by atoms with van der Waals surface area (Å²) in [6.07, 6.45) is -5.26. The standard InChI is InChI=1S/C30H27ClN8O4S.C4F6O2/c1-32-25-4-2-3-5-27(25)44(41,42)39-12-10-38(11-13-39)28(40)19-43-26-9-8-22-15-21(26)7-6-20-14-23(17-33-16-20)36-30-34-18-24(31)29(35-22)37-30;5-3(6,7)1(11)2(12)4(8,9)10/h2-5,8-9,14-18H,6-7,10-13,19H2,(H2,34,35,36,37);. The second kappa shape index (κ2) is 16.9. The average molecular weight is 825 g/mol. The first kappa shape index (κ1) is 41.3. The topological polar surface area (TPSA) is 168 Å². The third-order valence-corrected chi connectivity index (χ3v) is 10.3. The molecule has 0 saturated carbocycles. The van der Waals surface area contributed by atoms with Gasteiger partial charge in [0.1, 0.15) is 10.8 Å². The highest BCUT2D eigenvalue weighted by molar-refractivity contribution is 7.89. The number of aryl methyl sites for hydroxylation is 2. The van der Waals surface area contributed by atoms with Crippen LogP contribution in [0.1, 0.15) is 11.1 Å². The Morgan fingerprint density at radius 2 is 1.55 bits per heavy atom. The van der Waals surface area contributed by atoms with Gasteiger partial charge in [-0.15, -0.1) is 0 Å². The van der Waals surface area contributed by atoms with Crippen molar-refractivity contribution in [1.82, 2.24) is 24.2 Å². The summed E-state index contributed by atoms with van der Waals surface area (Å²) in [7, 11) is -3.85. The molecule has 0 spiro atoms. The molecule has 22 heteroatoms. The third-order valence-electron chi connectivity index (χ3n) is 8.07. The molecule has 14 nitrogen and oxygen atoms in total. The Hall–Kier alpha value is -5.85. The van der Waals surface area contributed by atoms with E-state index in [1.807, 2.05) is 18.2 Å². The van der Waals surface area contributed by atoms with Crippen molar-refractivity contribution in [2.24, 2.45) is 0 Å². The smallest absolute Gasteiger partial charge is 0.458 e. The van der Waals surface area contributed by atoms with Crippen LogP contribution in [0.15, 0.2) is 72.0 Å². The van der Waals surface area contributed by atoms with E-state index in [0.29, 0.717) is 35.4 Å². The van der Waals surface area contributed by atoms with Crippen molar-refractivity contribution in [2.45, 2.75) is 30.1 Å². The minimum atomic E-state index is -5.77. The van der Waals surface area contributed by atoms with Crippen LogP contribution in [-0.4, -0.2) is 95.2 Å². The predicted molar refractivity (Wildman–Crippen MR) is 187 cm³/mol. The zero-order valence-corrected chi connectivity index (χ0v) is 30.1. The number of ketones is 2. The highest BCUT2D eigenvalue weighted by Crippen LogP contribution is 2.31. The molecule has 0 aliphatic carbocycles. The van der Waals surface area contributed by atoms with Gasteiger partial charge in [-0.3, -0.25) is 19.4 Å². The molecule has 2 N–H and O–H groups in total. The fourth-order valence-electron chi connectivity index (χ4n) is 5.32. The van der Waals surface area contributed by atoms with Gasteiger partial charge in [0.05, 0.1) is 29.5 Å². The number of sulfonamides is 1. The molecule has 2 aromatic heterocycles. The van der Waals surface area contributed by atoms with Gasteiger partial charge >= 0.3 is 23.9 Å². The molecule has 2 aliphatic heterocycles. The van der Waals surface area contributed by atoms with E-state index in [2.05, 4.69) is 30.4 Å². The van der Waals surface area contributed by atoms with Gasteiger partial charge in [0.2, 0.25) is 21.7 Å². The maximum absolute atomic E-state index is 13.2. The van der Waals surface area contributed by atoms with Crippen LogP contribution in [0, 0.1) is 6.57 Å². The summed E-state index contributed by atoms with van der Waals surface area (Å²) in [6, 6.07) is 13.7. The highest BCUT2D eigenvalue weighted by atomic mass is 35.5. The molecule has 1 amide bonds. The fraction of sp³-hybridized carbons (Fsp3) is 0.265. The zero-order chi connectivity index (χ0) is 40.8. The molecule has 4 heterocycles. The summed E-state index contributed by atoms with van der Waals surface area (Å²) in [5.41, 5.74) is 3.43. The molecular formula is C34H27ClF6N8O6S. The Kier molecular flexibility index (Phi) is 12.5. The first-order valence-corrected chi connectivity index (χ1v) is 17.9. The number of aromatic nitrogens is 3. The Bertz CT molecular complexity index is 2270. The van der Waals surface area contributed by atoms with Gasteiger partial charge in [0.15, 0.2) is 12.4 Å². The second-order valence-corrected chi connectivity index (χ2v) is 14.2. The Morgan fingerprint density at radius 1 is 0.875 bits per heavy atom. The molecule has 2 aromatic carbocycles. The van der Waals surface area contributed by atoms with Gasteiger partial charge in [-0.05, 0) is 48.2 Å². The Morgan fingerprint density at radius 3 is 2.21 bits per heavy atom. The highest BCUT2D eigenvalue weighted by Gasteiger charge is 2.54. The van der Waals surface area contributed by atoms with E-state index in [9.17, 15) is 49.1 Å². The zero-order valence-electron chi connectivity index (χ0n) is 28.5. The second-order valence-electron chi connectivity index (χ2n) is 11.9. The van der Waals surface area contributed by atoms with Crippen molar-refractivity contribution < 1.29 is 53.9 Å². The number of fused-ring (bicyclic) bond motifs is 6. The molecule has 6 rings (SSSR count). The largest absolute Gasteiger partial charge is 0.483 e. The molecular weight excluding hydrogens is 798 g/mol. The molecule has 0 atom stereocenters. The van der Waals surface area contributed by atoms with Gasteiger partial charge in [-0.2, -0.15) is 35.6 Å². The number of pyridine rings is 1. The lowest BCUT2D eigenvalue weighted by Crippen LogP contribution is -2.51. The van der Waals surface area contributed by atoms with Gasteiger partial charge in [-0.25, -0.2) is 18.2 Å². The Balaban J connectivity index is 0.000000433. The summed E-state index contributed by atoms with van der Waals surface area (Å²) in [6.45, 7) is 7.80. The SMILES string of the molecule is O=C(C(=O)C(F)(F)F)C(F)(F)F.[C-]#[N+]c1ccccc1S(=O)(=O)N1CCN(C(=O)COc2ccc3cc2CCc2cncc(c2)Nc2ncc(Cl)c(n2)N3)CC1. The minimum absolute atomic E-state index is 0.0219. The van der Waals surface area contributed by atoms with Crippen molar-refractivity contribution in [1.29, 1.82) is 0 Å². The van der Waals surface area contributed by atoms with E-state index in [1.54, 1.807) is 35.5 Å². The van der Waals surface area contributed by atoms with Crippen molar-refractivity contribution in [3.05, 3.63) is 94.7 Å².